The summed E-state index contributed by atoms with van der Waals surface area (Å²) in [6, 6.07) is 0.189. The fraction of sp³-hybridized carbons (Fsp3) is 0.278. The number of rotatable bonds is 0. The van der Waals surface area contributed by atoms with Crippen molar-refractivity contribution < 1.29 is 35.8 Å². The van der Waals surface area contributed by atoms with Crippen molar-refractivity contribution in [2.75, 3.05) is 0 Å². The number of nitrogens with zero attached hydrogens (tertiary/aromatic N) is 1. The van der Waals surface area contributed by atoms with Crippen molar-refractivity contribution in [3.05, 3.63) is 66.5 Å². The van der Waals surface area contributed by atoms with Gasteiger partial charge in [0, 0.05) is 34.1 Å². The van der Waals surface area contributed by atoms with Gasteiger partial charge in [-0.1, -0.05) is 24.3 Å². The van der Waals surface area contributed by atoms with Gasteiger partial charge in [0.2, 0.25) is 0 Å². The molecule has 1 aliphatic heterocycles. The molecule has 0 unspecified atom stereocenters. The number of Topliss-reactive ketones (excluding diaryl/α,β-unsaturated/α-hetero) is 1. The van der Waals surface area contributed by atoms with E-state index in [9.17, 15) is 4.79 Å². The number of allylic oxidation sites excluding steroid dienone is 5. The van der Waals surface area contributed by atoms with Crippen molar-refractivity contribution in [1.82, 2.24) is 0 Å². The van der Waals surface area contributed by atoms with Gasteiger partial charge < -0.3 is 0 Å². The van der Waals surface area contributed by atoms with Crippen molar-refractivity contribution in [1.29, 1.82) is 0 Å². The van der Waals surface area contributed by atoms with Crippen molar-refractivity contribution in [3.63, 3.8) is 0 Å². The number of fused-ring (bicyclic) bond motifs is 3. The van der Waals surface area contributed by atoms with Gasteiger partial charge in [-0.25, -0.2) is 0 Å². The maximum absolute atomic E-state index is 12.1. The third kappa shape index (κ3) is 4.31. The minimum absolute atomic E-state index is 0. The molecule has 0 radical (unpaired) electrons. The molecule has 0 aromatic heterocycles. The molecular weight excluding hydrogens is 350 g/mol. The predicted molar refractivity (Wildman–Crippen MR) is 80.9 cm³/mol. The first-order valence-corrected chi connectivity index (χ1v) is 6.59. The van der Waals surface area contributed by atoms with Crippen molar-refractivity contribution >= 4 is 11.5 Å². The summed E-state index contributed by atoms with van der Waals surface area (Å²) in [4.78, 5) is 16.9. The quantitative estimate of drug-likeness (QED) is 0.281. The minimum Gasteiger partial charge on any atom is 0 e. The van der Waals surface area contributed by atoms with E-state index >= 15 is 0 Å². The van der Waals surface area contributed by atoms with Crippen LogP contribution in [0.4, 0.5) is 0 Å². The van der Waals surface area contributed by atoms with Crippen LogP contribution in [0.3, 0.4) is 0 Å². The summed E-state index contributed by atoms with van der Waals surface area (Å²) in [5.41, 5.74) is 4.96. The Morgan fingerprint density at radius 2 is 1.38 bits per heavy atom. The Morgan fingerprint density at radius 1 is 0.875 bits per heavy atom. The Labute approximate surface area is 151 Å². The molecular formula is C18H15FeNO4. The number of carbonyl (C=O) groups excluding carboxylic acids is 1. The zero-order chi connectivity index (χ0) is 18.2. The van der Waals surface area contributed by atoms with Crippen molar-refractivity contribution in [3.8, 4) is 0 Å². The molecule has 5 nitrogen and oxygen atoms in total. The number of hydrogen-bond donors (Lipinski definition) is 0. The molecule has 0 spiro atoms. The monoisotopic (exact) mass is 365 g/mol. The van der Waals surface area contributed by atoms with Gasteiger partial charge in [0.25, 0.3) is 0 Å². The molecule has 0 saturated carbocycles. The fourth-order valence-corrected chi connectivity index (χ4v) is 2.84. The Morgan fingerprint density at radius 3 is 1.92 bits per heavy atom. The van der Waals surface area contributed by atoms with Crippen molar-refractivity contribution in [2.45, 2.75) is 26.8 Å². The largest absolute Gasteiger partial charge is 0 e. The molecule has 0 aromatic rings. The summed E-state index contributed by atoms with van der Waals surface area (Å²) in [6.07, 6.45) is 8.35. The number of aliphatic imine (C=N–C) groups is 1. The molecule has 1 heterocycles. The van der Waals surface area contributed by atoms with Crippen LogP contribution in [0, 0.1) is 25.9 Å². The van der Waals surface area contributed by atoms with E-state index in [1.54, 1.807) is 0 Å². The summed E-state index contributed by atoms with van der Waals surface area (Å²) in [6.45, 7) is 19.3. The Balaban J connectivity index is 0. The van der Waals surface area contributed by atoms with Gasteiger partial charge >= 0.3 is 33.9 Å². The first kappa shape index (κ1) is 24.3. The van der Waals surface area contributed by atoms with Gasteiger partial charge in [-0.15, -0.1) is 0 Å². The molecule has 3 rings (SSSR count). The SMILES string of the molecule is CC1=C(C)C2=N[C@H]3C=CC=C[C@H]3C2=C(C)C1=O.[C-]#[O+].[C-]#[O+].[C-]#[O+].[Fe]. The summed E-state index contributed by atoms with van der Waals surface area (Å²) in [7, 11) is 0. The van der Waals surface area contributed by atoms with Crippen molar-refractivity contribution in [2.24, 2.45) is 10.9 Å². The molecule has 2 aliphatic carbocycles. The topological polar surface area (TPSA) is 89.1 Å². The Kier molecular flexibility index (Phi) is 11.7. The van der Waals surface area contributed by atoms with Gasteiger partial charge in [-0.05, 0) is 31.9 Å². The fourth-order valence-electron chi connectivity index (χ4n) is 2.84. The van der Waals surface area contributed by atoms with Crippen LogP contribution in [-0.4, -0.2) is 17.5 Å². The zero-order valence-corrected chi connectivity index (χ0v) is 14.5. The van der Waals surface area contributed by atoms with Gasteiger partial charge in [-0.3, -0.25) is 9.79 Å². The van der Waals surface area contributed by atoms with Crippen LogP contribution in [0.1, 0.15) is 20.8 Å². The van der Waals surface area contributed by atoms with Crippen LogP contribution < -0.4 is 0 Å². The molecule has 0 bridgehead atoms. The molecule has 0 saturated heterocycles. The van der Waals surface area contributed by atoms with Crippen LogP contribution in [0.2, 0.25) is 0 Å². The van der Waals surface area contributed by atoms with E-state index < -0.39 is 0 Å². The molecule has 0 amide bonds. The maximum Gasteiger partial charge on any atom is 0 e. The third-order valence-corrected chi connectivity index (χ3v) is 3.98. The minimum atomic E-state index is 0. The molecule has 6 heteroatoms. The van der Waals surface area contributed by atoms with Crippen LogP contribution in [-0.2, 0) is 35.8 Å². The molecule has 0 aromatic carbocycles. The van der Waals surface area contributed by atoms with E-state index in [1.807, 2.05) is 32.9 Å². The normalized spacial score (nSPS) is 22.0. The first-order valence-electron chi connectivity index (χ1n) is 6.59. The molecule has 124 valence electrons. The van der Waals surface area contributed by atoms with E-state index in [4.69, 9.17) is 18.9 Å². The average Bonchev–Trinajstić information content (AvgIpc) is 3.03. The molecule has 0 N–H and O–H groups in total. The van der Waals surface area contributed by atoms with E-state index in [0.717, 1.165) is 28.0 Å². The standard InChI is InChI=1S/C15H15NO.3CO.Fe/c1-8-9(2)15(17)10(3)13-11-6-4-5-7-12(11)16-14(8)13;3*1-2;/h4-7,11-12H,1-3H3;;;;/t11-,12+;;;;/m1..../s1. The van der Waals surface area contributed by atoms with Gasteiger partial charge in [0.05, 0.1) is 11.8 Å². The number of carbonyl (C=O) groups is 1. The number of hydrogen-bond acceptors (Lipinski definition) is 2. The van der Waals surface area contributed by atoms with Crippen LogP contribution in [0.5, 0.6) is 0 Å². The van der Waals surface area contributed by atoms with E-state index in [2.05, 4.69) is 32.1 Å². The Hall–Kier alpha value is -1.96. The smallest absolute Gasteiger partial charge is 0 e. The third-order valence-electron chi connectivity index (χ3n) is 3.98. The maximum atomic E-state index is 12.1. The number of ketones is 1. The molecule has 0 fully saturated rings. The molecule has 3 aliphatic rings. The summed E-state index contributed by atoms with van der Waals surface area (Å²) in [5, 5.41) is 0. The molecule has 24 heavy (non-hydrogen) atoms. The predicted octanol–water partition coefficient (Wildman–Crippen LogP) is 2.67. The van der Waals surface area contributed by atoms with E-state index in [0.29, 0.717) is 0 Å². The second-order valence-corrected chi connectivity index (χ2v) is 4.88. The van der Waals surface area contributed by atoms with E-state index in [-0.39, 0.29) is 34.8 Å². The van der Waals surface area contributed by atoms with Gasteiger partial charge in [0.1, 0.15) is 0 Å². The summed E-state index contributed by atoms with van der Waals surface area (Å²) >= 11 is 0. The summed E-state index contributed by atoms with van der Waals surface area (Å²) in [5.74, 6) is 0.446. The van der Waals surface area contributed by atoms with Crippen LogP contribution in [0.25, 0.3) is 0 Å². The Bertz CT molecular complexity index is 688. The van der Waals surface area contributed by atoms with Gasteiger partial charge in [0.15, 0.2) is 5.78 Å². The summed E-state index contributed by atoms with van der Waals surface area (Å²) < 4.78 is 22.5. The molecule has 2 atom stereocenters. The second kappa shape index (κ2) is 11.6. The first-order chi connectivity index (χ1) is 11.1. The van der Waals surface area contributed by atoms with Gasteiger partial charge in [-0.2, -0.15) is 0 Å². The van der Waals surface area contributed by atoms with Crippen LogP contribution >= 0.6 is 0 Å². The average molecular weight is 365 g/mol. The zero-order valence-electron chi connectivity index (χ0n) is 13.4. The second-order valence-electron chi connectivity index (χ2n) is 4.88. The van der Waals surface area contributed by atoms with Crippen LogP contribution in [0.15, 0.2) is 51.6 Å². The van der Waals surface area contributed by atoms with E-state index in [1.165, 1.54) is 0 Å².